The molecule has 1 aliphatic rings. The number of hydrogen-bond donors (Lipinski definition) is 0. The molecule has 0 spiro atoms. The number of nitrogens with zero attached hydrogens (tertiary/aromatic N) is 3. The summed E-state index contributed by atoms with van der Waals surface area (Å²) in [5.74, 6) is -1.00. The maximum atomic E-state index is 13.0. The molecule has 180 valence electrons. The van der Waals surface area contributed by atoms with Crippen LogP contribution in [-0.2, 0) is 27.7 Å². The van der Waals surface area contributed by atoms with E-state index in [2.05, 4.69) is 14.2 Å². The van der Waals surface area contributed by atoms with E-state index in [9.17, 15) is 26.4 Å². The van der Waals surface area contributed by atoms with E-state index < -0.39 is 33.5 Å². The van der Waals surface area contributed by atoms with Crippen molar-refractivity contribution >= 4 is 16.2 Å². The van der Waals surface area contributed by atoms with Crippen molar-refractivity contribution in [2.75, 3.05) is 13.1 Å². The van der Waals surface area contributed by atoms with Crippen LogP contribution < -0.4 is 4.18 Å². The Bertz CT molecular complexity index is 1110. The van der Waals surface area contributed by atoms with Crippen molar-refractivity contribution in [3.63, 3.8) is 0 Å². The SMILES string of the molecule is CC(C)OC(=O)N1CCc2nc(C(C)c3ccccc3)nc(OS(=O)(=O)C(F)(F)F)c2CC1. The van der Waals surface area contributed by atoms with Gasteiger partial charge in [-0.3, -0.25) is 0 Å². The maximum Gasteiger partial charge on any atom is 0.534 e. The molecule has 2 aromatic rings. The Labute approximate surface area is 189 Å². The molecule has 0 aliphatic carbocycles. The molecule has 0 saturated heterocycles. The van der Waals surface area contributed by atoms with Gasteiger partial charge in [-0.15, -0.1) is 0 Å². The van der Waals surface area contributed by atoms with Gasteiger partial charge < -0.3 is 13.8 Å². The maximum absolute atomic E-state index is 13.0. The second-order valence-electron chi connectivity index (χ2n) is 7.85. The molecule has 1 aromatic carbocycles. The zero-order valence-corrected chi connectivity index (χ0v) is 19.1. The average Bonchev–Trinajstić information content (AvgIpc) is 2.95. The van der Waals surface area contributed by atoms with Crippen molar-refractivity contribution in [3.05, 3.63) is 53.0 Å². The lowest BCUT2D eigenvalue weighted by Gasteiger charge is -2.21. The van der Waals surface area contributed by atoms with Crippen molar-refractivity contribution in [1.82, 2.24) is 14.9 Å². The van der Waals surface area contributed by atoms with E-state index in [4.69, 9.17) is 4.74 Å². The minimum atomic E-state index is -5.94. The smallest absolute Gasteiger partial charge is 0.447 e. The Morgan fingerprint density at radius 1 is 1.06 bits per heavy atom. The van der Waals surface area contributed by atoms with E-state index in [1.54, 1.807) is 45.0 Å². The number of hydrogen-bond acceptors (Lipinski definition) is 7. The van der Waals surface area contributed by atoms with E-state index in [0.29, 0.717) is 5.69 Å². The molecule has 12 heteroatoms. The second-order valence-corrected chi connectivity index (χ2v) is 9.39. The highest BCUT2D eigenvalue weighted by molar-refractivity contribution is 7.87. The van der Waals surface area contributed by atoms with Crippen LogP contribution in [0.15, 0.2) is 30.3 Å². The fourth-order valence-corrected chi connectivity index (χ4v) is 3.79. The summed E-state index contributed by atoms with van der Waals surface area (Å²) in [5.41, 5.74) is -4.38. The lowest BCUT2D eigenvalue weighted by Crippen LogP contribution is -2.35. The van der Waals surface area contributed by atoms with Crippen LogP contribution in [0, 0.1) is 0 Å². The molecule has 2 heterocycles. The predicted molar refractivity (Wildman–Crippen MR) is 112 cm³/mol. The minimum absolute atomic E-state index is 0.00520. The van der Waals surface area contributed by atoms with Gasteiger partial charge >= 0.3 is 21.7 Å². The third-order valence-corrected chi connectivity index (χ3v) is 6.02. The second kappa shape index (κ2) is 9.54. The van der Waals surface area contributed by atoms with Gasteiger partial charge in [-0.1, -0.05) is 37.3 Å². The van der Waals surface area contributed by atoms with E-state index in [1.165, 1.54) is 4.90 Å². The molecular formula is C21H24F3N3O5S. The monoisotopic (exact) mass is 487 g/mol. The summed E-state index contributed by atoms with van der Waals surface area (Å²) in [6.07, 6.45) is -0.751. The highest BCUT2D eigenvalue weighted by atomic mass is 32.2. The van der Waals surface area contributed by atoms with E-state index in [-0.39, 0.29) is 43.4 Å². The molecule has 1 amide bonds. The summed E-state index contributed by atoms with van der Waals surface area (Å²) < 4.78 is 72.2. The van der Waals surface area contributed by atoms with Gasteiger partial charge in [-0.05, 0) is 25.8 Å². The van der Waals surface area contributed by atoms with Crippen LogP contribution in [0.3, 0.4) is 0 Å². The third-order valence-electron chi connectivity index (χ3n) is 5.08. The van der Waals surface area contributed by atoms with Crippen molar-refractivity contribution in [3.8, 4) is 5.88 Å². The number of benzene rings is 1. The van der Waals surface area contributed by atoms with Crippen molar-refractivity contribution in [1.29, 1.82) is 0 Å². The highest BCUT2D eigenvalue weighted by Crippen LogP contribution is 2.32. The third kappa shape index (κ3) is 5.73. The van der Waals surface area contributed by atoms with E-state index in [0.717, 1.165) is 5.56 Å². The number of rotatable bonds is 5. The lowest BCUT2D eigenvalue weighted by atomic mass is 10.00. The van der Waals surface area contributed by atoms with Gasteiger partial charge in [0.05, 0.1) is 11.8 Å². The molecule has 1 aromatic heterocycles. The van der Waals surface area contributed by atoms with Crippen LogP contribution in [0.5, 0.6) is 5.88 Å². The van der Waals surface area contributed by atoms with E-state index in [1.807, 2.05) is 6.07 Å². The average molecular weight is 488 g/mol. The van der Waals surface area contributed by atoms with Gasteiger partial charge in [-0.25, -0.2) is 9.78 Å². The molecule has 0 fully saturated rings. The number of aromatic nitrogens is 2. The van der Waals surface area contributed by atoms with Crippen molar-refractivity contribution in [2.24, 2.45) is 0 Å². The highest BCUT2D eigenvalue weighted by Gasteiger charge is 2.49. The van der Waals surface area contributed by atoms with Crippen LogP contribution in [-0.4, -0.2) is 54.1 Å². The standard InChI is InChI=1S/C21H24F3N3O5S/c1-13(2)31-20(28)27-11-9-16-17(10-12-27)25-18(14(3)15-7-5-4-6-8-15)26-19(16)32-33(29,30)21(22,23)24/h4-8,13-14H,9-12H2,1-3H3. The van der Waals surface area contributed by atoms with Crippen LogP contribution >= 0.6 is 0 Å². The zero-order chi connectivity index (χ0) is 24.4. The van der Waals surface area contributed by atoms with Crippen LogP contribution in [0.1, 0.15) is 49.3 Å². The summed E-state index contributed by atoms with van der Waals surface area (Å²) >= 11 is 0. The normalized spacial score (nSPS) is 15.5. The van der Waals surface area contributed by atoms with Crippen molar-refractivity contribution in [2.45, 2.75) is 51.1 Å². The Hall–Kier alpha value is -2.89. The first kappa shape index (κ1) is 24.7. The summed E-state index contributed by atoms with van der Waals surface area (Å²) in [5, 5.41) is 0. The van der Waals surface area contributed by atoms with Gasteiger partial charge in [0, 0.05) is 31.0 Å². The number of halogens is 3. The number of carbonyl (C=O) groups excluding carboxylic acids is 1. The molecule has 0 saturated carbocycles. The summed E-state index contributed by atoms with van der Waals surface area (Å²) in [7, 11) is -5.94. The first-order valence-corrected chi connectivity index (χ1v) is 11.7. The molecule has 1 unspecified atom stereocenters. The quantitative estimate of drug-likeness (QED) is 0.467. The fraction of sp³-hybridized carbons (Fsp3) is 0.476. The van der Waals surface area contributed by atoms with Crippen LogP contribution in [0.4, 0.5) is 18.0 Å². The number of carbonyl (C=O) groups is 1. The molecular weight excluding hydrogens is 463 g/mol. The van der Waals surface area contributed by atoms with Gasteiger partial charge in [-0.2, -0.15) is 26.6 Å². The molecule has 0 N–H and O–H groups in total. The largest absolute Gasteiger partial charge is 0.534 e. The van der Waals surface area contributed by atoms with Crippen LogP contribution in [0.2, 0.25) is 0 Å². The number of amides is 1. The zero-order valence-electron chi connectivity index (χ0n) is 18.3. The Morgan fingerprint density at radius 2 is 1.70 bits per heavy atom. The number of fused-ring (bicyclic) bond motifs is 1. The molecule has 33 heavy (non-hydrogen) atoms. The minimum Gasteiger partial charge on any atom is -0.447 e. The molecule has 0 radical (unpaired) electrons. The Morgan fingerprint density at radius 3 is 2.30 bits per heavy atom. The predicted octanol–water partition coefficient (Wildman–Crippen LogP) is 3.80. The lowest BCUT2D eigenvalue weighted by molar-refractivity contribution is -0.0501. The molecule has 8 nitrogen and oxygen atoms in total. The molecule has 0 bridgehead atoms. The molecule has 1 aliphatic heterocycles. The fourth-order valence-electron chi connectivity index (χ4n) is 3.35. The van der Waals surface area contributed by atoms with Gasteiger partial charge in [0.15, 0.2) is 0 Å². The first-order valence-electron chi connectivity index (χ1n) is 10.3. The van der Waals surface area contributed by atoms with Gasteiger partial charge in [0.1, 0.15) is 5.82 Å². The molecule has 3 rings (SSSR count). The molecule has 1 atom stereocenters. The van der Waals surface area contributed by atoms with Gasteiger partial charge in [0.25, 0.3) is 0 Å². The summed E-state index contributed by atoms with van der Waals surface area (Å²) in [6.45, 7) is 5.42. The summed E-state index contributed by atoms with van der Waals surface area (Å²) in [4.78, 5) is 22.3. The number of alkyl halides is 3. The van der Waals surface area contributed by atoms with Crippen LogP contribution in [0.25, 0.3) is 0 Å². The first-order chi connectivity index (χ1) is 15.4. The Kier molecular flexibility index (Phi) is 7.15. The summed E-state index contributed by atoms with van der Waals surface area (Å²) in [6, 6.07) is 8.99. The Balaban J connectivity index is 2.02. The van der Waals surface area contributed by atoms with Crippen molar-refractivity contribution < 1.29 is 35.3 Å². The topological polar surface area (TPSA) is 98.7 Å². The van der Waals surface area contributed by atoms with E-state index >= 15 is 0 Å². The van der Waals surface area contributed by atoms with Gasteiger partial charge in [0.2, 0.25) is 5.88 Å². The number of ether oxygens (including phenoxy) is 1.